The summed E-state index contributed by atoms with van der Waals surface area (Å²) in [5.74, 6) is 0.695. The number of amides is 3. The van der Waals surface area contributed by atoms with Crippen LogP contribution in [0.3, 0.4) is 0 Å². The summed E-state index contributed by atoms with van der Waals surface area (Å²) in [6, 6.07) is 7.71. The highest BCUT2D eigenvalue weighted by Crippen LogP contribution is 2.30. The van der Waals surface area contributed by atoms with Crippen molar-refractivity contribution >= 4 is 17.6 Å². The van der Waals surface area contributed by atoms with Gasteiger partial charge in [0.2, 0.25) is 5.91 Å². The van der Waals surface area contributed by atoms with E-state index in [9.17, 15) is 9.59 Å². The van der Waals surface area contributed by atoms with Gasteiger partial charge in [-0.1, -0.05) is 12.1 Å². The Kier molecular flexibility index (Phi) is 7.20. The molecular weight excluding hydrogens is 384 g/mol. The number of nitrogens with zero attached hydrogens (tertiary/aromatic N) is 1. The largest absolute Gasteiger partial charge is 0.381 e. The second-order valence-electron chi connectivity index (χ2n) is 8.37. The van der Waals surface area contributed by atoms with E-state index in [0.717, 1.165) is 70.0 Å². The van der Waals surface area contributed by atoms with E-state index in [1.165, 1.54) is 0 Å². The summed E-state index contributed by atoms with van der Waals surface area (Å²) >= 11 is 0. The van der Waals surface area contributed by atoms with E-state index in [1.807, 2.05) is 24.3 Å². The number of carbonyl (C=O) groups is 2. The monoisotopic (exact) mass is 416 g/mol. The van der Waals surface area contributed by atoms with Crippen molar-refractivity contribution < 1.29 is 19.1 Å². The first-order valence-electron chi connectivity index (χ1n) is 11.0. The van der Waals surface area contributed by atoms with Crippen molar-refractivity contribution in [2.24, 2.45) is 11.8 Å². The zero-order chi connectivity index (χ0) is 20.8. The highest BCUT2D eigenvalue weighted by Gasteiger charge is 2.32. The Morgan fingerprint density at radius 2 is 1.90 bits per heavy atom. The Balaban J connectivity index is 1.24. The molecule has 2 aliphatic heterocycles. The van der Waals surface area contributed by atoms with Gasteiger partial charge in [0, 0.05) is 56.4 Å². The van der Waals surface area contributed by atoms with Crippen LogP contribution in [-0.2, 0) is 20.8 Å². The lowest BCUT2D eigenvalue weighted by atomic mass is 9.97. The maximum Gasteiger partial charge on any atom is 0.315 e. The van der Waals surface area contributed by atoms with Gasteiger partial charge in [-0.3, -0.25) is 9.69 Å². The molecule has 4 rings (SSSR count). The predicted molar refractivity (Wildman–Crippen MR) is 113 cm³/mol. The number of nitrogens with one attached hydrogen (secondary N) is 3. The molecule has 8 nitrogen and oxygen atoms in total. The summed E-state index contributed by atoms with van der Waals surface area (Å²) < 4.78 is 11.1. The van der Waals surface area contributed by atoms with Crippen LogP contribution >= 0.6 is 0 Å². The zero-order valence-corrected chi connectivity index (χ0v) is 17.4. The molecule has 3 amide bonds. The Bertz CT molecular complexity index is 728. The van der Waals surface area contributed by atoms with Gasteiger partial charge in [0.15, 0.2) is 0 Å². The van der Waals surface area contributed by atoms with Crippen LogP contribution in [0.5, 0.6) is 0 Å². The fraction of sp³-hybridized carbons (Fsp3) is 0.636. The van der Waals surface area contributed by atoms with Crippen LogP contribution in [0.2, 0.25) is 0 Å². The summed E-state index contributed by atoms with van der Waals surface area (Å²) in [4.78, 5) is 26.8. The van der Waals surface area contributed by atoms with Crippen molar-refractivity contribution in [2.45, 2.75) is 31.8 Å². The summed E-state index contributed by atoms with van der Waals surface area (Å²) in [5, 5.41) is 8.91. The average Bonchev–Trinajstić information content (AvgIpc) is 3.49. The van der Waals surface area contributed by atoms with Crippen LogP contribution in [0.25, 0.3) is 0 Å². The molecule has 1 aliphatic carbocycles. The number of anilines is 1. The van der Waals surface area contributed by atoms with Gasteiger partial charge in [0.25, 0.3) is 0 Å². The van der Waals surface area contributed by atoms with Gasteiger partial charge in [-0.15, -0.1) is 0 Å². The smallest absolute Gasteiger partial charge is 0.315 e. The molecule has 2 saturated heterocycles. The first-order valence-corrected chi connectivity index (χ1v) is 11.0. The number of benzene rings is 1. The minimum absolute atomic E-state index is 0.0860. The van der Waals surface area contributed by atoms with Crippen LogP contribution in [0, 0.1) is 11.8 Å². The number of morpholine rings is 1. The average molecular weight is 417 g/mol. The predicted octanol–water partition coefficient (Wildman–Crippen LogP) is 1.57. The Labute approximate surface area is 177 Å². The molecule has 0 spiro atoms. The third kappa shape index (κ3) is 5.93. The second kappa shape index (κ2) is 10.2. The van der Waals surface area contributed by atoms with Crippen molar-refractivity contribution in [3.05, 3.63) is 29.8 Å². The number of carbonyl (C=O) groups excluding carboxylic acids is 2. The van der Waals surface area contributed by atoms with Gasteiger partial charge in [0.1, 0.15) is 0 Å². The highest BCUT2D eigenvalue weighted by atomic mass is 16.5. The first kappa shape index (κ1) is 21.1. The van der Waals surface area contributed by atoms with Crippen LogP contribution in [0.1, 0.15) is 24.8 Å². The summed E-state index contributed by atoms with van der Waals surface area (Å²) in [6.07, 6.45) is 2.99. The van der Waals surface area contributed by atoms with Crippen LogP contribution in [-0.4, -0.2) is 68.9 Å². The molecule has 1 saturated carbocycles. The van der Waals surface area contributed by atoms with Crippen molar-refractivity contribution in [1.29, 1.82) is 0 Å². The molecular formula is C22H32N4O4. The minimum atomic E-state index is -0.181. The topological polar surface area (TPSA) is 91.9 Å². The van der Waals surface area contributed by atoms with Gasteiger partial charge in [0.05, 0.1) is 19.8 Å². The number of ether oxygens (including phenoxy) is 2. The zero-order valence-electron chi connectivity index (χ0n) is 17.4. The molecule has 1 aromatic rings. The van der Waals surface area contributed by atoms with Gasteiger partial charge in [-0.05, 0) is 37.0 Å². The molecule has 3 aliphatic rings. The van der Waals surface area contributed by atoms with E-state index in [4.69, 9.17) is 9.47 Å². The fourth-order valence-electron chi connectivity index (χ4n) is 4.15. The molecule has 0 radical (unpaired) electrons. The highest BCUT2D eigenvalue weighted by molar-refractivity contribution is 5.94. The van der Waals surface area contributed by atoms with Crippen LogP contribution in [0.15, 0.2) is 24.3 Å². The maximum absolute atomic E-state index is 12.4. The molecule has 0 unspecified atom stereocenters. The van der Waals surface area contributed by atoms with Crippen molar-refractivity contribution in [2.75, 3.05) is 51.4 Å². The maximum atomic E-state index is 12.4. The fourth-order valence-corrected chi connectivity index (χ4v) is 4.15. The summed E-state index contributed by atoms with van der Waals surface area (Å²) in [6.45, 7) is 5.82. The molecule has 2 atom stereocenters. The Hall–Kier alpha value is -2.16. The van der Waals surface area contributed by atoms with Crippen LogP contribution < -0.4 is 16.0 Å². The van der Waals surface area contributed by atoms with E-state index in [1.54, 1.807) is 0 Å². The van der Waals surface area contributed by atoms with E-state index < -0.39 is 0 Å². The molecule has 1 aromatic carbocycles. The van der Waals surface area contributed by atoms with E-state index >= 15 is 0 Å². The van der Waals surface area contributed by atoms with Crippen molar-refractivity contribution in [3.8, 4) is 0 Å². The van der Waals surface area contributed by atoms with Crippen molar-refractivity contribution in [1.82, 2.24) is 15.5 Å². The minimum Gasteiger partial charge on any atom is -0.381 e. The quantitative estimate of drug-likeness (QED) is 0.598. The molecule has 2 heterocycles. The third-order valence-electron chi connectivity index (χ3n) is 6.09. The lowest BCUT2D eigenvalue weighted by Crippen LogP contribution is -2.53. The van der Waals surface area contributed by atoms with E-state index in [0.29, 0.717) is 19.0 Å². The molecule has 3 N–H and O–H groups in total. The SMILES string of the molecule is O=C(NCc1cccc(NC(=O)C2CC2)c1)NC[C@H]([C@H]1CCOC1)N1CCOCC1. The lowest BCUT2D eigenvalue weighted by Gasteiger charge is -2.37. The van der Waals surface area contributed by atoms with Gasteiger partial charge in [-0.2, -0.15) is 0 Å². The Morgan fingerprint density at radius 1 is 1.07 bits per heavy atom. The lowest BCUT2D eigenvalue weighted by molar-refractivity contribution is -0.117. The summed E-state index contributed by atoms with van der Waals surface area (Å²) in [7, 11) is 0. The molecule has 164 valence electrons. The van der Waals surface area contributed by atoms with Gasteiger partial charge in [-0.25, -0.2) is 4.79 Å². The Morgan fingerprint density at radius 3 is 2.63 bits per heavy atom. The second-order valence-corrected chi connectivity index (χ2v) is 8.37. The first-order chi connectivity index (χ1) is 14.7. The normalized spacial score (nSPS) is 23.0. The van der Waals surface area contributed by atoms with Crippen molar-refractivity contribution in [3.63, 3.8) is 0 Å². The molecule has 3 fully saturated rings. The number of hydrogen-bond donors (Lipinski definition) is 3. The molecule has 0 bridgehead atoms. The number of rotatable bonds is 8. The third-order valence-corrected chi connectivity index (χ3v) is 6.09. The van der Waals surface area contributed by atoms with Crippen LogP contribution in [0.4, 0.5) is 10.5 Å². The standard InChI is InChI=1S/C22H32N4O4/c27-21(17-4-5-17)25-19-3-1-2-16(12-19)13-23-22(28)24-14-20(18-6-9-30-15-18)26-7-10-29-11-8-26/h1-3,12,17-18,20H,4-11,13-15H2,(H,25,27)(H2,23,24,28)/t18-,20+/m0/s1. The van der Waals surface area contributed by atoms with Gasteiger partial charge >= 0.3 is 6.03 Å². The molecule has 8 heteroatoms. The molecule has 0 aromatic heterocycles. The summed E-state index contributed by atoms with van der Waals surface area (Å²) in [5.41, 5.74) is 1.73. The number of hydrogen-bond acceptors (Lipinski definition) is 5. The number of urea groups is 1. The van der Waals surface area contributed by atoms with E-state index in [2.05, 4.69) is 20.9 Å². The van der Waals surface area contributed by atoms with E-state index in [-0.39, 0.29) is 23.9 Å². The molecule has 30 heavy (non-hydrogen) atoms. The van der Waals surface area contributed by atoms with Gasteiger partial charge < -0.3 is 25.4 Å².